The maximum absolute atomic E-state index is 12.7. The highest BCUT2D eigenvalue weighted by Gasteiger charge is 2.33. The van der Waals surface area contributed by atoms with Crippen molar-refractivity contribution in [1.29, 1.82) is 0 Å². The molecule has 3 atom stereocenters. The molecule has 0 saturated carbocycles. The maximum Gasteiger partial charge on any atom is 0.254 e. The van der Waals surface area contributed by atoms with Crippen LogP contribution in [0.25, 0.3) is 10.9 Å². The Labute approximate surface area is 127 Å². The van der Waals surface area contributed by atoms with E-state index in [1.165, 1.54) is 0 Å². The molecule has 1 aliphatic rings. The minimum atomic E-state index is -0.832. The Morgan fingerprint density at radius 3 is 2.95 bits per heavy atom. The lowest BCUT2D eigenvalue weighted by atomic mass is 10.1. The van der Waals surface area contributed by atoms with Gasteiger partial charge < -0.3 is 9.88 Å². The quantitative estimate of drug-likeness (QED) is 0.927. The Morgan fingerprint density at radius 2 is 2.19 bits per heavy atom. The topological polar surface area (TPSA) is 53.2 Å². The van der Waals surface area contributed by atoms with Crippen LogP contribution < -0.4 is 0 Å². The number of H-pyrrole nitrogens is 1. The molecule has 112 valence electrons. The van der Waals surface area contributed by atoms with E-state index < -0.39 is 10.8 Å². The first-order chi connectivity index (χ1) is 10.1. The first-order valence-electron chi connectivity index (χ1n) is 7.36. The number of aromatic nitrogens is 1. The third-order valence-electron chi connectivity index (χ3n) is 4.17. The fraction of sp³-hybridized carbons (Fsp3) is 0.438. The summed E-state index contributed by atoms with van der Waals surface area (Å²) < 4.78 is 12.2. The van der Waals surface area contributed by atoms with E-state index in [0.717, 1.165) is 17.3 Å². The molecule has 2 aromatic rings. The summed E-state index contributed by atoms with van der Waals surface area (Å²) in [6.45, 7) is 5.17. The molecular formula is C16H20N2O2S. The van der Waals surface area contributed by atoms with Gasteiger partial charge in [-0.2, -0.15) is 0 Å². The number of benzene rings is 1. The van der Waals surface area contributed by atoms with Gasteiger partial charge in [-0.15, -0.1) is 0 Å². The van der Waals surface area contributed by atoms with Gasteiger partial charge in [0.15, 0.2) is 0 Å². The second kappa shape index (κ2) is 5.64. The molecule has 1 fully saturated rings. The fourth-order valence-electron chi connectivity index (χ4n) is 2.93. The second-order valence-corrected chi connectivity index (χ2v) is 7.79. The van der Waals surface area contributed by atoms with Crippen molar-refractivity contribution >= 4 is 27.6 Å². The number of rotatable bonds is 2. The van der Waals surface area contributed by atoms with Crippen molar-refractivity contribution in [3.8, 4) is 0 Å². The van der Waals surface area contributed by atoms with Crippen molar-refractivity contribution in [3.63, 3.8) is 0 Å². The molecule has 0 bridgehead atoms. The van der Waals surface area contributed by atoms with Gasteiger partial charge in [-0.05, 0) is 36.9 Å². The van der Waals surface area contributed by atoms with Crippen LogP contribution in [0, 0.1) is 0 Å². The zero-order valence-corrected chi connectivity index (χ0v) is 13.2. The molecule has 21 heavy (non-hydrogen) atoms. The van der Waals surface area contributed by atoms with Crippen LogP contribution in [0.3, 0.4) is 0 Å². The zero-order chi connectivity index (χ0) is 15.0. The SMILES string of the molecule is CCC1CN(C(=O)c2ccc3cc[nH]c3c2)CC(C)S1=O. The number of hydrogen-bond donors (Lipinski definition) is 1. The molecule has 1 amide bonds. The van der Waals surface area contributed by atoms with E-state index in [0.29, 0.717) is 18.7 Å². The minimum absolute atomic E-state index is 0.0356. The maximum atomic E-state index is 12.7. The largest absolute Gasteiger partial charge is 0.361 e. The Balaban J connectivity index is 1.85. The molecule has 3 rings (SSSR count). The smallest absolute Gasteiger partial charge is 0.254 e. The molecule has 5 heteroatoms. The number of nitrogens with zero attached hydrogens (tertiary/aromatic N) is 1. The van der Waals surface area contributed by atoms with Gasteiger partial charge in [0, 0.05) is 46.4 Å². The number of amides is 1. The fourth-order valence-corrected chi connectivity index (χ4v) is 4.57. The van der Waals surface area contributed by atoms with Gasteiger partial charge in [0.25, 0.3) is 5.91 Å². The van der Waals surface area contributed by atoms with Crippen molar-refractivity contribution in [3.05, 3.63) is 36.0 Å². The van der Waals surface area contributed by atoms with Gasteiger partial charge in [-0.1, -0.05) is 13.0 Å². The predicted molar refractivity (Wildman–Crippen MR) is 85.9 cm³/mol. The minimum Gasteiger partial charge on any atom is -0.361 e. The Morgan fingerprint density at radius 1 is 1.38 bits per heavy atom. The van der Waals surface area contributed by atoms with Crippen LogP contribution in [-0.4, -0.2) is 43.6 Å². The monoisotopic (exact) mass is 304 g/mol. The van der Waals surface area contributed by atoms with Crippen molar-refractivity contribution in [2.45, 2.75) is 30.8 Å². The molecule has 1 aromatic heterocycles. The van der Waals surface area contributed by atoms with E-state index in [4.69, 9.17) is 0 Å². The summed E-state index contributed by atoms with van der Waals surface area (Å²) in [7, 11) is -0.832. The number of fused-ring (bicyclic) bond motifs is 1. The molecule has 1 aromatic carbocycles. The molecule has 4 nitrogen and oxygen atoms in total. The van der Waals surface area contributed by atoms with Crippen molar-refractivity contribution in [1.82, 2.24) is 9.88 Å². The average Bonchev–Trinajstić information content (AvgIpc) is 2.96. The summed E-state index contributed by atoms with van der Waals surface area (Å²) >= 11 is 0. The van der Waals surface area contributed by atoms with Gasteiger partial charge in [0.2, 0.25) is 0 Å². The summed E-state index contributed by atoms with van der Waals surface area (Å²) in [5.74, 6) is 0.0356. The zero-order valence-electron chi connectivity index (χ0n) is 12.3. The molecular weight excluding hydrogens is 284 g/mol. The van der Waals surface area contributed by atoms with Crippen LogP contribution in [0.15, 0.2) is 30.5 Å². The second-order valence-electron chi connectivity index (χ2n) is 5.66. The molecule has 3 unspecified atom stereocenters. The summed E-state index contributed by atoms with van der Waals surface area (Å²) in [6.07, 6.45) is 2.72. The molecule has 0 radical (unpaired) electrons. The number of nitrogens with one attached hydrogen (secondary N) is 1. The van der Waals surface area contributed by atoms with E-state index in [2.05, 4.69) is 4.98 Å². The summed E-state index contributed by atoms with van der Waals surface area (Å²) in [5, 5.41) is 1.24. The number of hydrogen-bond acceptors (Lipinski definition) is 2. The van der Waals surface area contributed by atoms with Gasteiger partial charge in [0.05, 0.1) is 5.25 Å². The van der Waals surface area contributed by atoms with Crippen LogP contribution in [0.5, 0.6) is 0 Å². The number of aromatic amines is 1. The summed E-state index contributed by atoms with van der Waals surface area (Å²) in [4.78, 5) is 17.7. The van der Waals surface area contributed by atoms with E-state index in [9.17, 15) is 9.00 Å². The lowest BCUT2D eigenvalue weighted by molar-refractivity contribution is 0.0749. The normalized spacial score (nSPS) is 26.2. The van der Waals surface area contributed by atoms with Crippen molar-refractivity contribution in [2.24, 2.45) is 0 Å². The molecule has 1 N–H and O–H groups in total. The van der Waals surface area contributed by atoms with Crippen molar-refractivity contribution in [2.75, 3.05) is 13.1 Å². The highest BCUT2D eigenvalue weighted by Crippen LogP contribution is 2.21. The summed E-state index contributed by atoms with van der Waals surface area (Å²) in [5.41, 5.74) is 1.67. The van der Waals surface area contributed by atoms with E-state index in [1.807, 2.05) is 49.2 Å². The molecule has 1 aliphatic heterocycles. The van der Waals surface area contributed by atoms with E-state index in [1.54, 1.807) is 0 Å². The van der Waals surface area contributed by atoms with Crippen molar-refractivity contribution < 1.29 is 9.00 Å². The average molecular weight is 304 g/mol. The van der Waals surface area contributed by atoms with Crippen LogP contribution in [0.2, 0.25) is 0 Å². The van der Waals surface area contributed by atoms with E-state index >= 15 is 0 Å². The highest BCUT2D eigenvalue weighted by molar-refractivity contribution is 7.86. The van der Waals surface area contributed by atoms with Crippen LogP contribution in [-0.2, 0) is 10.8 Å². The standard InChI is InChI=1S/C16H20N2O2S/c1-3-14-10-18(9-11(2)21(14)20)16(19)13-5-4-12-6-7-17-15(12)8-13/h4-8,11,14,17H,3,9-10H2,1-2H3. The van der Waals surface area contributed by atoms with Gasteiger partial charge in [-0.3, -0.25) is 9.00 Å². The first-order valence-corrected chi connectivity index (χ1v) is 8.63. The van der Waals surface area contributed by atoms with Gasteiger partial charge in [0.1, 0.15) is 0 Å². The van der Waals surface area contributed by atoms with Gasteiger partial charge >= 0.3 is 0 Å². The number of carbonyl (C=O) groups excluding carboxylic acids is 1. The van der Waals surface area contributed by atoms with E-state index in [-0.39, 0.29) is 16.4 Å². The highest BCUT2D eigenvalue weighted by atomic mass is 32.2. The Kier molecular flexibility index (Phi) is 3.85. The lowest BCUT2D eigenvalue weighted by Crippen LogP contribution is -2.50. The first kappa shape index (κ1) is 14.3. The molecule has 0 spiro atoms. The Bertz CT molecular complexity index is 694. The summed E-state index contributed by atoms with van der Waals surface area (Å²) in [6, 6.07) is 7.72. The van der Waals surface area contributed by atoms with Gasteiger partial charge in [-0.25, -0.2) is 0 Å². The molecule has 1 saturated heterocycles. The molecule has 2 heterocycles. The third-order valence-corrected chi connectivity index (χ3v) is 6.25. The number of carbonyl (C=O) groups is 1. The Hall–Kier alpha value is -1.62. The van der Waals surface area contributed by atoms with Crippen LogP contribution in [0.1, 0.15) is 30.6 Å². The van der Waals surface area contributed by atoms with Crippen LogP contribution >= 0.6 is 0 Å². The molecule has 0 aliphatic carbocycles. The predicted octanol–water partition coefficient (Wildman–Crippen LogP) is 2.54. The van der Waals surface area contributed by atoms with Crippen LogP contribution in [0.4, 0.5) is 0 Å². The lowest BCUT2D eigenvalue weighted by Gasteiger charge is -2.35. The third kappa shape index (κ3) is 2.62.